The lowest BCUT2D eigenvalue weighted by atomic mass is 10.3. The van der Waals surface area contributed by atoms with E-state index in [2.05, 4.69) is 20.8 Å². The van der Waals surface area contributed by atoms with Gasteiger partial charge in [-0.1, -0.05) is 11.6 Å². The summed E-state index contributed by atoms with van der Waals surface area (Å²) < 4.78 is 25.7. The number of carbonyl (C=O) groups is 1. The minimum atomic E-state index is -3.70. The maximum Gasteiger partial charge on any atom is 0.325 e. The molecule has 0 aliphatic heterocycles. The fourth-order valence-corrected chi connectivity index (χ4v) is 5.72. The number of amides is 2. The summed E-state index contributed by atoms with van der Waals surface area (Å²) in [5.41, 5.74) is 1.50. The molecule has 0 radical (unpaired) electrons. The molecule has 0 bridgehead atoms. The topological polar surface area (TPSA) is 104 Å². The number of hydrogen-bond donors (Lipinski definition) is 3. The van der Waals surface area contributed by atoms with Crippen molar-refractivity contribution in [1.82, 2.24) is 10.2 Å². The number of anilines is 2. The quantitative estimate of drug-likeness (QED) is 0.534. The van der Waals surface area contributed by atoms with E-state index in [-0.39, 0.29) is 9.79 Å². The third-order valence-electron chi connectivity index (χ3n) is 4.49. The maximum absolute atomic E-state index is 12.8. The summed E-state index contributed by atoms with van der Waals surface area (Å²) in [7, 11) is -3.70. The Morgan fingerprint density at radius 3 is 2.64 bits per heavy atom. The van der Waals surface area contributed by atoms with Crippen LogP contribution in [0, 0.1) is 6.92 Å². The Hall–Kier alpha value is -2.36. The molecule has 0 atom stereocenters. The molecule has 1 fully saturated rings. The molecule has 2 aromatic heterocycles. The first kappa shape index (κ1) is 19.0. The van der Waals surface area contributed by atoms with Crippen LogP contribution in [0.25, 0.3) is 0 Å². The average molecular weight is 437 g/mol. The number of nitrogens with one attached hydrogen (secondary N) is 3. The van der Waals surface area contributed by atoms with Crippen molar-refractivity contribution in [3.8, 4) is 0 Å². The number of aromatic amines is 1. The van der Waals surface area contributed by atoms with Gasteiger partial charge in [0.25, 0.3) is 0 Å². The highest BCUT2D eigenvalue weighted by atomic mass is 35.5. The van der Waals surface area contributed by atoms with Crippen LogP contribution < -0.4 is 10.6 Å². The number of carbonyl (C=O) groups excluding carboxylic acids is 1. The lowest BCUT2D eigenvalue weighted by Crippen LogP contribution is -2.19. The van der Waals surface area contributed by atoms with E-state index in [4.69, 9.17) is 11.6 Å². The van der Waals surface area contributed by atoms with Gasteiger partial charge in [0.1, 0.15) is 5.00 Å². The van der Waals surface area contributed by atoms with E-state index in [1.165, 1.54) is 29.6 Å². The summed E-state index contributed by atoms with van der Waals surface area (Å²) in [5, 5.41) is 14.8. The lowest BCUT2D eigenvalue weighted by Gasteiger charge is -2.07. The number of H-pyrrole nitrogens is 1. The number of sulfone groups is 1. The molecule has 0 saturated heterocycles. The van der Waals surface area contributed by atoms with Gasteiger partial charge in [-0.15, -0.1) is 11.3 Å². The van der Waals surface area contributed by atoms with Crippen LogP contribution in [0.5, 0.6) is 0 Å². The highest BCUT2D eigenvalue weighted by Gasteiger charge is 2.26. The van der Waals surface area contributed by atoms with Gasteiger partial charge in [0.05, 0.1) is 9.79 Å². The highest BCUT2D eigenvalue weighted by Crippen LogP contribution is 2.39. The van der Waals surface area contributed by atoms with Crippen LogP contribution in [-0.4, -0.2) is 24.6 Å². The zero-order valence-electron chi connectivity index (χ0n) is 14.8. The van der Waals surface area contributed by atoms with Crippen molar-refractivity contribution in [2.75, 3.05) is 10.6 Å². The lowest BCUT2D eigenvalue weighted by molar-refractivity contribution is 0.262. The van der Waals surface area contributed by atoms with Crippen molar-refractivity contribution in [3.05, 3.63) is 52.0 Å². The first-order valence-corrected chi connectivity index (χ1v) is 11.3. The van der Waals surface area contributed by atoms with Gasteiger partial charge in [-0.2, -0.15) is 5.10 Å². The zero-order valence-corrected chi connectivity index (χ0v) is 17.2. The predicted molar refractivity (Wildman–Crippen MR) is 109 cm³/mol. The summed E-state index contributed by atoms with van der Waals surface area (Å²) in [6, 6.07) is 7.32. The molecule has 28 heavy (non-hydrogen) atoms. The van der Waals surface area contributed by atoms with Gasteiger partial charge in [0, 0.05) is 33.6 Å². The van der Waals surface area contributed by atoms with Crippen molar-refractivity contribution in [2.45, 2.75) is 35.5 Å². The third kappa shape index (κ3) is 3.78. The van der Waals surface area contributed by atoms with E-state index in [9.17, 15) is 13.2 Å². The molecular formula is C18H17ClN4O3S2. The van der Waals surface area contributed by atoms with Crippen LogP contribution in [-0.2, 0) is 9.84 Å². The van der Waals surface area contributed by atoms with E-state index in [0.717, 1.165) is 29.9 Å². The number of nitrogens with zero attached hydrogens (tertiary/aromatic N) is 1. The van der Waals surface area contributed by atoms with Gasteiger partial charge in [-0.3, -0.25) is 15.7 Å². The first-order valence-electron chi connectivity index (χ1n) is 8.56. The molecule has 0 spiro atoms. The predicted octanol–water partition coefficient (Wildman–Crippen LogP) is 4.79. The van der Waals surface area contributed by atoms with Crippen LogP contribution in [0.15, 0.2) is 45.5 Å². The van der Waals surface area contributed by atoms with Crippen LogP contribution >= 0.6 is 22.9 Å². The molecule has 10 heteroatoms. The fraction of sp³-hybridized carbons (Fsp3) is 0.222. The summed E-state index contributed by atoms with van der Waals surface area (Å²) in [4.78, 5) is 12.6. The average Bonchev–Trinajstić information content (AvgIpc) is 3.30. The number of hydrogen-bond acceptors (Lipinski definition) is 5. The molecule has 146 valence electrons. The fourth-order valence-electron chi connectivity index (χ4n) is 2.78. The van der Waals surface area contributed by atoms with E-state index >= 15 is 0 Å². The molecule has 3 aromatic rings. The summed E-state index contributed by atoms with van der Waals surface area (Å²) in [6.07, 6.45) is 2.26. The monoisotopic (exact) mass is 436 g/mol. The second-order valence-electron chi connectivity index (χ2n) is 6.57. The molecule has 1 aliphatic carbocycles. The van der Waals surface area contributed by atoms with Crippen molar-refractivity contribution in [2.24, 2.45) is 0 Å². The van der Waals surface area contributed by atoms with Gasteiger partial charge >= 0.3 is 6.03 Å². The minimum absolute atomic E-state index is 0.151. The Morgan fingerprint density at radius 1 is 1.25 bits per heavy atom. The Kier molecular flexibility index (Phi) is 4.90. The van der Waals surface area contributed by atoms with Crippen molar-refractivity contribution in [3.63, 3.8) is 0 Å². The van der Waals surface area contributed by atoms with Gasteiger partial charge in [-0.05, 0) is 44.0 Å². The molecule has 4 rings (SSSR count). The SMILES string of the molecule is Cc1c(S(=O)(=O)c2ccc(Cl)cc2)csc1NC(=O)Nc1cc(C2CC2)[nH]n1. The summed E-state index contributed by atoms with van der Waals surface area (Å²) in [6.45, 7) is 1.66. The number of thiophene rings is 1. The van der Waals surface area contributed by atoms with Gasteiger partial charge in [0.2, 0.25) is 9.84 Å². The van der Waals surface area contributed by atoms with Crippen LogP contribution in [0.4, 0.5) is 15.6 Å². The van der Waals surface area contributed by atoms with Gasteiger partial charge in [-0.25, -0.2) is 13.2 Å². The zero-order chi connectivity index (χ0) is 19.9. The Morgan fingerprint density at radius 2 is 1.96 bits per heavy atom. The molecule has 1 saturated carbocycles. The Labute approximate surface area is 171 Å². The van der Waals surface area contributed by atoms with Crippen LogP contribution in [0.3, 0.4) is 0 Å². The molecule has 1 aromatic carbocycles. The Balaban J connectivity index is 1.49. The van der Waals surface area contributed by atoms with E-state index in [1.807, 2.05) is 6.07 Å². The van der Waals surface area contributed by atoms with E-state index in [1.54, 1.807) is 6.92 Å². The molecule has 3 N–H and O–H groups in total. The molecule has 1 aliphatic rings. The molecular weight excluding hydrogens is 420 g/mol. The largest absolute Gasteiger partial charge is 0.325 e. The standard InChI is InChI=1S/C18H17ClN4O3S2/c1-10-15(28(25,26)13-6-4-12(19)5-7-13)9-27-17(10)21-18(24)20-16-8-14(22-23-16)11-2-3-11/h4-9,11H,2-3H2,1H3,(H3,20,21,22,23,24). The number of urea groups is 1. The van der Waals surface area contributed by atoms with Gasteiger partial charge < -0.3 is 0 Å². The number of rotatable bonds is 5. The van der Waals surface area contributed by atoms with Crippen LogP contribution in [0.1, 0.15) is 30.0 Å². The minimum Gasteiger partial charge on any atom is -0.299 e. The second kappa shape index (κ2) is 7.23. The third-order valence-corrected chi connectivity index (χ3v) is 7.79. The van der Waals surface area contributed by atoms with Crippen molar-refractivity contribution in [1.29, 1.82) is 0 Å². The van der Waals surface area contributed by atoms with Crippen molar-refractivity contribution < 1.29 is 13.2 Å². The smallest absolute Gasteiger partial charge is 0.299 e. The highest BCUT2D eigenvalue weighted by molar-refractivity contribution is 7.91. The van der Waals surface area contributed by atoms with Crippen molar-refractivity contribution >= 4 is 49.6 Å². The summed E-state index contributed by atoms with van der Waals surface area (Å²) in [5.74, 6) is 0.939. The molecule has 7 nitrogen and oxygen atoms in total. The molecule has 0 unspecified atom stereocenters. The van der Waals surface area contributed by atoms with E-state index in [0.29, 0.717) is 27.3 Å². The van der Waals surface area contributed by atoms with E-state index < -0.39 is 15.9 Å². The maximum atomic E-state index is 12.8. The molecule has 2 heterocycles. The normalized spacial score (nSPS) is 14.1. The second-order valence-corrected chi connectivity index (χ2v) is 9.81. The number of benzene rings is 1. The number of aromatic nitrogens is 2. The summed E-state index contributed by atoms with van der Waals surface area (Å²) >= 11 is 6.99. The molecule has 2 amide bonds. The number of halogens is 1. The van der Waals surface area contributed by atoms with Gasteiger partial charge in [0.15, 0.2) is 5.82 Å². The van der Waals surface area contributed by atoms with Crippen LogP contribution in [0.2, 0.25) is 5.02 Å². The Bertz CT molecular complexity index is 1130. The first-order chi connectivity index (χ1) is 13.3.